The third-order valence-corrected chi connectivity index (χ3v) is 9.09. The number of pyridine rings is 1. The molecular weight excluding hydrogens is 570 g/mol. The first-order valence-electron chi connectivity index (χ1n) is 13.9. The molecule has 1 amide bonds. The quantitative estimate of drug-likeness (QED) is 0.450. The Morgan fingerprint density at radius 3 is 2.71 bits per heavy atom. The normalized spacial score (nSPS) is 22.4. The van der Waals surface area contributed by atoms with Gasteiger partial charge in [-0.1, -0.05) is 23.4 Å². The van der Waals surface area contributed by atoms with Crippen LogP contribution in [0, 0.1) is 11.3 Å². The van der Waals surface area contributed by atoms with Crippen LogP contribution in [0.25, 0.3) is 0 Å². The zero-order chi connectivity index (χ0) is 29.2. The smallest absolute Gasteiger partial charge is 0.407 e. The molecule has 3 aliphatic heterocycles. The van der Waals surface area contributed by atoms with Crippen molar-refractivity contribution in [3.05, 3.63) is 29.2 Å². The Morgan fingerprint density at radius 2 is 2.05 bits per heavy atom. The highest BCUT2D eigenvalue weighted by molar-refractivity contribution is 7.99. The average Bonchev–Trinajstić information content (AvgIpc) is 3.19. The molecule has 5 rings (SSSR count). The Kier molecular flexibility index (Phi) is 9.15. The second kappa shape index (κ2) is 12.5. The molecule has 3 fully saturated rings. The molecule has 1 spiro atoms. The summed E-state index contributed by atoms with van der Waals surface area (Å²) in [4.78, 5) is 29.1. The number of rotatable bonds is 8. The minimum atomic E-state index is -0.572. The van der Waals surface area contributed by atoms with Gasteiger partial charge in [-0.15, -0.1) is 0 Å². The molecule has 0 saturated carbocycles. The van der Waals surface area contributed by atoms with Gasteiger partial charge >= 0.3 is 6.09 Å². The molecule has 2 aromatic heterocycles. The highest BCUT2D eigenvalue weighted by atomic mass is 35.5. The van der Waals surface area contributed by atoms with Crippen molar-refractivity contribution in [2.45, 2.75) is 74.8 Å². The van der Waals surface area contributed by atoms with Gasteiger partial charge in [0.25, 0.3) is 0 Å². The van der Waals surface area contributed by atoms with Crippen LogP contribution >= 0.6 is 23.4 Å². The van der Waals surface area contributed by atoms with E-state index >= 15 is 0 Å². The number of aliphatic hydroxyl groups is 1. The lowest BCUT2D eigenvalue weighted by molar-refractivity contribution is -0.0514. The number of carbonyl (C=O) groups excluding carboxylic acids is 1. The summed E-state index contributed by atoms with van der Waals surface area (Å²) in [6, 6.07) is 1.65. The number of carbonyl (C=O) groups is 1. The van der Waals surface area contributed by atoms with Gasteiger partial charge in [0.15, 0.2) is 5.82 Å². The van der Waals surface area contributed by atoms with Gasteiger partial charge in [-0.3, -0.25) is 0 Å². The highest BCUT2D eigenvalue weighted by Gasteiger charge is 2.50. The first kappa shape index (κ1) is 30.1. The van der Waals surface area contributed by atoms with Gasteiger partial charge in [-0.25, -0.2) is 19.7 Å². The monoisotopic (exact) mass is 607 g/mol. The first-order chi connectivity index (χ1) is 19.6. The van der Waals surface area contributed by atoms with Crippen LogP contribution in [0.5, 0.6) is 5.88 Å². The number of nitrogens with zero attached hydrogens (tertiary/aromatic N) is 4. The molecule has 5 heterocycles. The van der Waals surface area contributed by atoms with Gasteiger partial charge in [0, 0.05) is 35.5 Å². The summed E-state index contributed by atoms with van der Waals surface area (Å²) in [7, 11) is 0. The van der Waals surface area contributed by atoms with E-state index in [1.165, 1.54) is 11.8 Å². The molecule has 2 N–H and O–H groups in total. The number of ether oxygens (including phenoxy) is 4. The molecule has 2 atom stereocenters. The van der Waals surface area contributed by atoms with Gasteiger partial charge in [-0.2, -0.15) is 0 Å². The van der Waals surface area contributed by atoms with Crippen LogP contribution in [0.4, 0.5) is 10.6 Å². The number of hydrogen-bond acceptors (Lipinski definition) is 11. The van der Waals surface area contributed by atoms with E-state index in [1.807, 2.05) is 27.7 Å². The van der Waals surface area contributed by atoms with E-state index in [9.17, 15) is 9.90 Å². The second-order valence-electron chi connectivity index (χ2n) is 11.9. The number of piperidine rings is 1. The van der Waals surface area contributed by atoms with Crippen LogP contribution < -0.4 is 15.0 Å². The number of alkyl carbamates (subject to hydrolysis) is 1. The fourth-order valence-electron chi connectivity index (χ4n) is 5.41. The van der Waals surface area contributed by atoms with Crippen molar-refractivity contribution in [3.8, 4) is 5.88 Å². The molecule has 0 bridgehead atoms. The van der Waals surface area contributed by atoms with E-state index in [-0.39, 0.29) is 24.2 Å². The summed E-state index contributed by atoms with van der Waals surface area (Å²) in [5, 5.41) is 14.3. The number of nitrogens with one attached hydrogen (secondary N) is 1. The Morgan fingerprint density at radius 1 is 1.29 bits per heavy atom. The number of aliphatic hydroxyl groups excluding tert-OH is 1. The lowest BCUT2D eigenvalue weighted by Gasteiger charge is -2.43. The van der Waals surface area contributed by atoms with Crippen LogP contribution in [-0.2, 0) is 20.8 Å². The zero-order valence-corrected chi connectivity index (χ0v) is 25.5. The van der Waals surface area contributed by atoms with Crippen molar-refractivity contribution in [1.29, 1.82) is 0 Å². The average molecular weight is 608 g/mol. The summed E-state index contributed by atoms with van der Waals surface area (Å²) in [5.41, 5.74) is -0.270. The topological polar surface area (TPSA) is 128 Å². The summed E-state index contributed by atoms with van der Waals surface area (Å²) < 4.78 is 22.5. The molecule has 13 heteroatoms. The second-order valence-corrected chi connectivity index (χ2v) is 13.3. The SMILES string of the molecule is C[C@@H]1OCC2(CCN(c3ncc(Sc4ccnc(OCC5COC5)c4Cl)nc3CO)CC2)[C@@H]1NC(=O)OC(C)(C)C. The number of hydrogen-bond donors (Lipinski definition) is 2. The van der Waals surface area contributed by atoms with Gasteiger partial charge in [0.2, 0.25) is 5.88 Å². The highest BCUT2D eigenvalue weighted by Crippen LogP contribution is 2.43. The standard InChI is InChI=1S/C28H38ClN5O6S/c1-17-23(33-26(36)40-27(2,3)4)28(16-39-17)6-9-34(10-7-28)24-19(12-35)32-21(11-31-24)41-20-5-8-30-25(22(20)29)38-15-18-13-37-14-18/h5,8,11,17-18,23,35H,6-7,9-10,12-16H2,1-4H3,(H,33,36)/t17-,23+/m0/s1. The molecule has 0 aromatic carbocycles. The molecule has 2 aromatic rings. The van der Waals surface area contributed by atoms with E-state index in [2.05, 4.69) is 15.2 Å². The van der Waals surface area contributed by atoms with E-state index in [0.29, 0.717) is 72.9 Å². The predicted octanol–water partition coefficient (Wildman–Crippen LogP) is 4.09. The Balaban J connectivity index is 1.23. The summed E-state index contributed by atoms with van der Waals surface area (Å²) in [6.07, 6.45) is 4.39. The van der Waals surface area contributed by atoms with Gasteiger partial charge < -0.3 is 34.3 Å². The maximum atomic E-state index is 12.6. The molecule has 224 valence electrons. The number of anilines is 1. The minimum Gasteiger partial charge on any atom is -0.476 e. The minimum absolute atomic E-state index is 0.115. The van der Waals surface area contributed by atoms with Crippen LogP contribution in [0.2, 0.25) is 5.02 Å². The van der Waals surface area contributed by atoms with Crippen molar-refractivity contribution in [2.24, 2.45) is 11.3 Å². The zero-order valence-electron chi connectivity index (χ0n) is 23.9. The van der Waals surface area contributed by atoms with Crippen molar-refractivity contribution in [1.82, 2.24) is 20.3 Å². The van der Waals surface area contributed by atoms with Gasteiger partial charge in [0.1, 0.15) is 21.3 Å². The van der Waals surface area contributed by atoms with E-state index in [4.69, 9.17) is 40.5 Å². The Hall–Kier alpha value is -2.38. The lowest BCUT2D eigenvalue weighted by Crippen LogP contribution is -2.55. The largest absolute Gasteiger partial charge is 0.476 e. The molecule has 3 aliphatic rings. The number of halogens is 1. The molecule has 3 saturated heterocycles. The van der Waals surface area contributed by atoms with Crippen LogP contribution in [-0.4, -0.2) is 83.4 Å². The van der Waals surface area contributed by atoms with Crippen LogP contribution in [0.15, 0.2) is 28.4 Å². The van der Waals surface area contributed by atoms with Crippen LogP contribution in [0.3, 0.4) is 0 Å². The summed E-state index contributed by atoms with van der Waals surface area (Å²) in [5.74, 6) is 1.39. The summed E-state index contributed by atoms with van der Waals surface area (Å²) in [6.45, 7) is 11.1. The Labute approximate surface area is 249 Å². The van der Waals surface area contributed by atoms with Gasteiger partial charge in [-0.05, 0) is 46.6 Å². The molecule has 41 heavy (non-hydrogen) atoms. The maximum Gasteiger partial charge on any atom is 0.407 e. The third kappa shape index (κ3) is 6.99. The van der Waals surface area contributed by atoms with E-state index in [1.54, 1.807) is 18.5 Å². The first-order valence-corrected chi connectivity index (χ1v) is 15.1. The molecule has 0 aliphatic carbocycles. The van der Waals surface area contributed by atoms with Crippen molar-refractivity contribution in [2.75, 3.05) is 44.4 Å². The fraction of sp³-hybridized carbons (Fsp3) is 0.643. The van der Waals surface area contributed by atoms with Crippen LogP contribution in [0.1, 0.15) is 46.2 Å². The molecule has 0 radical (unpaired) electrons. The molecule has 11 nitrogen and oxygen atoms in total. The van der Waals surface area contributed by atoms with Gasteiger partial charge in [0.05, 0.1) is 51.4 Å². The predicted molar refractivity (Wildman–Crippen MR) is 154 cm³/mol. The van der Waals surface area contributed by atoms with E-state index in [0.717, 1.165) is 17.7 Å². The van der Waals surface area contributed by atoms with E-state index < -0.39 is 11.7 Å². The Bertz CT molecular complexity index is 1230. The third-order valence-electron chi connectivity index (χ3n) is 7.64. The fourth-order valence-corrected chi connectivity index (χ4v) is 6.48. The molecule has 0 unspecified atom stereocenters. The molecular formula is C28H38ClN5O6S. The maximum absolute atomic E-state index is 12.6. The number of amides is 1. The van der Waals surface area contributed by atoms with Crippen molar-refractivity contribution >= 4 is 35.3 Å². The van der Waals surface area contributed by atoms with Crippen molar-refractivity contribution in [3.63, 3.8) is 0 Å². The lowest BCUT2D eigenvalue weighted by atomic mass is 9.73. The number of aromatic nitrogens is 3. The van der Waals surface area contributed by atoms with Crippen molar-refractivity contribution < 1.29 is 28.8 Å². The summed E-state index contributed by atoms with van der Waals surface area (Å²) >= 11 is 7.93.